The molecule has 0 aromatic heterocycles. The van der Waals surface area contributed by atoms with Gasteiger partial charge in [0.05, 0.1) is 0 Å². The van der Waals surface area contributed by atoms with Crippen molar-refractivity contribution in [1.29, 1.82) is 0 Å². The van der Waals surface area contributed by atoms with Gasteiger partial charge in [0.1, 0.15) is 6.29 Å². The minimum absolute atomic E-state index is 0.0536. The van der Waals surface area contributed by atoms with Crippen molar-refractivity contribution < 1.29 is 9.59 Å². The summed E-state index contributed by atoms with van der Waals surface area (Å²) in [4.78, 5) is 22.6. The number of rotatable bonds is 2. The Bertz CT molecular complexity index is 466. The largest absolute Gasteiger partial charge is 0.303 e. The number of aldehydes is 1. The zero-order valence-electron chi connectivity index (χ0n) is 10.6. The molecule has 0 fully saturated rings. The minimum atomic E-state index is -0.127. The van der Waals surface area contributed by atoms with Gasteiger partial charge in [-0.15, -0.1) is 0 Å². The van der Waals surface area contributed by atoms with Crippen LogP contribution < -0.4 is 0 Å². The Kier molecular flexibility index (Phi) is 2.90. The standard InChI is InChI=1S/C15H18O2/c1-15(2,3)12-5-4-10-8-11(6-7-16)14(17)13(10)9-12/h4-5,7,9,11H,6,8H2,1-3H3/t11-/m1/s1. The first-order valence-corrected chi connectivity index (χ1v) is 6.04. The molecule has 17 heavy (non-hydrogen) atoms. The topological polar surface area (TPSA) is 34.1 Å². The molecule has 0 spiro atoms. The SMILES string of the molecule is CC(C)(C)c1ccc2c(c1)C(=O)[C@H](CC=O)C2. The van der Waals surface area contributed by atoms with Crippen LogP contribution in [0.1, 0.15) is 48.7 Å². The van der Waals surface area contributed by atoms with E-state index >= 15 is 0 Å². The van der Waals surface area contributed by atoms with Crippen LogP contribution in [0.15, 0.2) is 18.2 Å². The molecule has 1 aliphatic carbocycles. The highest BCUT2D eigenvalue weighted by molar-refractivity contribution is 6.03. The van der Waals surface area contributed by atoms with E-state index in [2.05, 4.69) is 26.8 Å². The van der Waals surface area contributed by atoms with Gasteiger partial charge in [-0.3, -0.25) is 4.79 Å². The summed E-state index contributed by atoms with van der Waals surface area (Å²) in [6.07, 6.45) is 1.91. The van der Waals surface area contributed by atoms with Crippen molar-refractivity contribution in [2.45, 2.75) is 39.0 Å². The maximum Gasteiger partial charge on any atom is 0.166 e. The Hall–Kier alpha value is -1.44. The number of benzene rings is 1. The molecule has 1 aromatic rings. The molecule has 0 bridgehead atoms. The zero-order chi connectivity index (χ0) is 12.6. The molecule has 0 radical (unpaired) electrons. The average Bonchev–Trinajstić information content (AvgIpc) is 2.55. The molecule has 0 aliphatic heterocycles. The summed E-state index contributed by atoms with van der Waals surface area (Å²) >= 11 is 0. The van der Waals surface area contributed by atoms with Crippen molar-refractivity contribution in [3.8, 4) is 0 Å². The van der Waals surface area contributed by atoms with E-state index in [0.29, 0.717) is 6.42 Å². The number of fused-ring (bicyclic) bond motifs is 1. The highest BCUT2D eigenvalue weighted by atomic mass is 16.1. The molecule has 2 nitrogen and oxygen atoms in total. The Balaban J connectivity index is 2.37. The summed E-state index contributed by atoms with van der Waals surface area (Å²) in [5.41, 5.74) is 3.15. The van der Waals surface area contributed by atoms with Crippen LogP contribution >= 0.6 is 0 Å². The third kappa shape index (κ3) is 2.17. The van der Waals surface area contributed by atoms with Crippen LogP contribution in [0, 0.1) is 5.92 Å². The lowest BCUT2D eigenvalue weighted by Gasteiger charge is -2.19. The normalized spacial score (nSPS) is 19.2. The Morgan fingerprint density at radius 3 is 2.65 bits per heavy atom. The second kappa shape index (κ2) is 4.10. The van der Waals surface area contributed by atoms with E-state index in [1.807, 2.05) is 12.1 Å². The molecule has 0 heterocycles. The van der Waals surface area contributed by atoms with Crippen LogP contribution in [0.25, 0.3) is 0 Å². The van der Waals surface area contributed by atoms with Crippen molar-refractivity contribution in [2.75, 3.05) is 0 Å². The number of hydrogen-bond acceptors (Lipinski definition) is 2. The smallest absolute Gasteiger partial charge is 0.166 e. The fourth-order valence-corrected chi connectivity index (χ4v) is 2.33. The number of ketones is 1. The monoisotopic (exact) mass is 230 g/mol. The molecule has 0 unspecified atom stereocenters. The number of carbonyl (C=O) groups excluding carboxylic acids is 2. The lowest BCUT2D eigenvalue weighted by atomic mass is 9.85. The Morgan fingerprint density at radius 2 is 2.06 bits per heavy atom. The van der Waals surface area contributed by atoms with Crippen LogP contribution in [0.2, 0.25) is 0 Å². The molecule has 0 N–H and O–H groups in total. The second-order valence-electron chi connectivity index (χ2n) is 5.79. The van der Waals surface area contributed by atoms with E-state index in [4.69, 9.17) is 0 Å². The van der Waals surface area contributed by atoms with Crippen LogP contribution in [0.4, 0.5) is 0 Å². The van der Waals surface area contributed by atoms with Crippen molar-refractivity contribution in [3.05, 3.63) is 34.9 Å². The Labute approximate surface area is 102 Å². The van der Waals surface area contributed by atoms with Crippen LogP contribution in [0.5, 0.6) is 0 Å². The molecule has 0 amide bonds. The Morgan fingerprint density at radius 1 is 1.35 bits per heavy atom. The van der Waals surface area contributed by atoms with Crippen LogP contribution in [0.3, 0.4) is 0 Å². The summed E-state index contributed by atoms with van der Waals surface area (Å²) in [7, 11) is 0. The quantitative estimate of drug-likeness (QED) is 0.732. The lowest BCUT2D eigenvalue weighted by molar-refractivity contribution is -0.108. The lowest BCUT2D eigenvalue weighted by Crippen LogP contribution is -2.13. The highest BCUT2D eigenvalue weighted by Gasteiger charge is 2.31. The second-order valence-corrected chi connectivity index (χ2v) is 5.79. The van der Waals surface area contributed by atoms with Crippen molar-refractivity contribution >= 4 is 12.1 Å². The zero-order valence-corrected chi connectivity index (χ0v) is 10.6. The number of carbonyl (C=O) groups is 2. The van der Waals surface area contributed by atoms with Gasteiger partial charge in [-0.25, -0.2) is 0 Å². The molecule has 2 heteroatoms. The van der Waals surface area contributed by atoms with E-state index in [9.17, 15) is 9.59 Å². The van der Waals surface area contributed by atoms with Gasteiger partial charge >= 0.3 is 0 Å². The van der Waals surface area contributed by atoms with Crippen molar-refractivity contribution in [1.82, 2.24) is 0 Å². The number of Topliss-reactive ketones (excluding diaryl/α,β-unsaturated/α-hetero) is 1. The maximum absolute atomic E-state index is 12.1. The third-order valence-corrected chi connectivity index (χ3v) is 3.46. The molecular weight excluding hydrogens is 212 g/mol. The van der Waals surface area contributed by atoms with Gasteiger partial charge in [0.2, 0.25) is 0 Å². The molecule has 1 atom stereocenters. The first kappa shape index (κ1) is 12.0. The van der Waals surface area contributed by atoms with Gasteiger partial charge < -0.3 is 4.79 Å². The summed E-state index contributed by atoms with van der Waals surface area (Å²) < 4.78 is 0. The van der Waals surface area contributed by atoms with E-state index < -0.39 is 0 Å². The van der Waals surface area contributed by atoms with Crippen molar-refractivity contribution in [3.63, 3.8) is 0 Å². The summed E-state index contributed by atoms with van der Waals surface area (Å²) in [5.74, 6) is 0.0101. The summed E-state index contributed by atoms with van der Waals surface area (Å²) in [6.45, 7) is 6.41. The van der Waals surface area contributed by atoms with Gasteiger partial charge in [0.15, 0.2) is 5.78 Å². The van der Waals surface area contributed by atoms with Crippen molar-refractivity contribution in [2.24, 2.45) is 5.92 Å². The molecule has 0 saturated carbocycles. The van der Waals surface area contributed by atoms with E-state index in [0.717, 1.165) is 23.8 Å². The van der Waals surface area contributed by atoms with E-state index in [1.165, 1.54) is 5.56 Å². The number of hydrogen-bond donors (Lipinski definition) is 0. The van der Waals surface area contributed by atoms with Gasteiger partial charge in [-0.2, -0.15) is 0 Å². The third-order valence-electron chi connectivity index (χ3n) is 3.46. The fourth-order valence-electron chi connectivity index (χ4n) is 2.33. The molecule has 2 rings (SSSR count). The predicted octanol–water partition coefficient (Wildman–Crippen LogP) is 2.93. The summed E-state index contributed by atoms with van der Waals surface area (Å²) in [5, 5.41) is 0. The van der Waals surface area contributed by atoms with Gasteiger partial charge in [-0.1, -0.05) is 32.9 Å². The maximum atomic E-state index is 12.1. The van der Waals surface area contributed by atoms with Gasteiger partial charge in [0, 0.05) is 17.9 Å². The van der Waals surface area contributed by atoms with Crippen LogP contribution in [-0.2, 0) is 16.6 Å². The average molecular weight is 230 g/mol. The molecule has 1 aromatic carbocycles. The van der Waals surface area contributed by atoms with E-state index in [1.54, 1.807) is 0 Å². The van der Waals surface area contributed by atoms with E-state index in [-0.39, 0.29) is 17.1 Å². The molecule has 0 saturated heterocycles. The van der Waals surface area contributed by atoms with Crippen LogP contribution in [-0.4, -0.2) is 12.1 Å². The fraction of sp³-hybridized carbons (Fsp3) is 0.467. The molecule has 90 valence electrons. The molecular formula is C15H18O2. The molecule has 1 aliphatic rings. The van der Waals surface area contributed by atoms with Gasteiger partial charge in [-0.05, 0) is 29.0 Å². The first-order valence-electron chi connectivity index (χ1n) is 6.04. The predicted molar refractivity (Wildman–Crippen MR) is 67.3 cm³/mol. The highest BCUT2D eigenvalue weighted by Crippen LogP contribution is 2.32. The first-order chi connectivity index (χ1) is 7.93. The van der Waals surface area contributed by atoms with Gasteiger partial charge in [0.25, 0.3) is 0 Å². The minimum Gasteiger partial charge on any atom is -0.303 e. The summed E-state index contributed by atoms with van der Waals surface area (Å²) in [6, 6.07) is 6.14.